The third kappa shape index (κ3) is 6.52. The Hall–Kier alpha value is -4.75. The molecule has 3 aromatic rings. The van der Waals surface area contributed by atoms with Gasteiger partial charge in [-0.3, -0.25) is 15.6 Å². The number of piperazine rings is 1. The fourth-order valence-corrected chi connectivity index (χ4v) is 4.19. The zero-order valence-corrected chi connectivity index (χ0v) is 21.4. The number of phenols is 1. The van der Waals surface area contributed by atoms with Crippen LogP contribution in [0.4, 0.5) is 28.6 Å². The number of likely N-dealkylation sites (N-methyl/N-ethyl adjacent to an activating group) is 1. The number of carbonyl (C=O) groups is 1. The number of benzene rings is 2. The van der Waals surface area contributed by atoms with Gasteiger partial charge in [-0.15, -0.1) is 0 Å². The molecule has 1 amide bonds. The third-order valence-electron chi connectivity index (χ3n) is 6.44. The van der Waals surface area contributed by atoms with Crippen molar-refractivity contribution in [2.75, 3.05) is 59.1 Å². The average Bonchev–Trinajstić information content (AvgIpc) is 2.96. The Morgan fingerprint density at radius 3 is 2.61 bits per heavy atom. The molecule has 10 nitrogen and oxygen atoms in total. The number of hydrazine groups is 1. The quantitative estimate of drug-likeness (QED) is 0.202. The maximum absolute atomic E-state index is 12.1. The van der Waals surface area contributed by atoms with Crippen LogP contribution >= 0.6 is 0 Å². The van der Waals surface area contributed by atoms with Crippen molar-refractivity contribution < 1.29 is 9.90 Å². The Balaban J connectivity index is 1.49. The zero-order valence-electron chi connectivity index (χ0n) is 21.4. The van der Waals surface area contributed by atoms with Crippen LogP contribution in [0.5, 0.6) is 5.75 Å². The molecule has 38 heavy (non-hydrogen) atoms. The number of nitrogens with one attached hydrogen (secondary N) is 4. The standard InChI is InChI=1S/C28H32N8O2/c1-3-28(38)32-25-15-22(36-13-11-35(4-2)12-14-36)9-10-23(25)33-34-27-16-24(21(17-29)19-31-27)30-18-20-7-5-6-8-26(20)37/h3,5-10,15-16,19,33,37H,1,4,11-14,18H2,2H3,(H,32,38)(H2,30,31,34). The van der Waals surface area contributed by atoms with E-state index in [-0.39, 0.29) is 11.7 Å². The van der Waals surface area contributed by atoms with Gasteiger partial charge in [0, 0.05) is 56.2 Å². The fraction of sp³-hybridized carbons (Fsp3) is 0.250. The summed E-state index contributed by atoms with van der Waals surface area (Å²) >= 11 is 0. The molecule has 10 heteroatoms. The van der Waals surface area contributed by atoms with Gasteiger partial charge in [-0.1, -0.05) is 31.7 Å². The van der Waals surface area contributed by atoms with Gasteiger partial charge >= 0.3 is 0 Å². The van der Waals surface area contributed by atoms with Gasteiger partial charge in [0.2, 0.25) is 5.91 Å². The number of aromatic hydroxyl groups is 1. The monoisotopic (exact) mass is 512 g/mol. The number of pyridine rings is 1. The number of para-hydroxylation sites is 1. The minimum Gasteiger partial charge on any atom is -0.508 e. The van der Waals surface area contributed by atoms with Crippen LogP contribution in [0, 0.1) is 11.3 Å². The smallest absolute Gasteiger partial charge is 0.247 e. The van der Waals surface area contributed by atoms with Gasteiger partial charge < -0.3 is 25.5 Å². The second-order valence-corrected chi connectivity index (χ2v) is 8.80. The van der Waals surface area contributed by atoms with E-state index in [2.05, 4.69) is 55.8 Å². The molecule has 4 rings (SSSR count). The summed E-state index contributed by atoms with van der Waals surface area (Å²) in [7, 11) is 0. The third-order valence-corrected chi connectivity index (χ3v) is 6.44. The summed E-state index contributed by atoms with van der Waals surface area (Å²) in [5.41, 5.74) is 10.1. The predicted molar refractivity (Wildman–Crippen MR) is 151 cm³/mol. The number of hydrogen-bond acceptors (Lipinski definition) is 9. The van der Waals surface area contributed by atoms with E-state index in [0.717, 1.165) is 38.4 Å². The topological polar surface area (TPSA) is 129 Å². The molecule has 196 valence electrons. The number of nitriles is 1. The van der Waals surface area contributed by atoms with Crippen LogP contribution < -0.4 is 26.4 Å². The molecule has 1 aliphatic rings. The number of anilines is 5. The number of rotatable bonds is 10. The number of amides is 1. The van der Waals surface area contributed by atoms with E-state index in [9.17, 15) is 15.2 Å². The molecule has 0 aliphatic carbocycles. The first-order chi connectivity index (χ1) is 18.5. The first-order valence-corrected chi connectivity index (χ1v) is 12.5. The van der Waals surface area contributed by atoms with Gasteiger partial charge in [-0.2, -0.15) is 5.26 Å². The van der Waals surface area contributed by atoms with Gasteiger partial charge in [0.25, 0.3) is 0 Å². The van der Waals surface area contributed by atoms with Gasteiger partial charge in [0.05, 0.1) is 22.6 Å². The largest absolute Gasteiger partial charge is 0.508 e. The number of phenolic OH excluding ortho intramolecular Hbond substituents is 1. The lowest BCUT2D eigenvalue weighted by atomic mass is 10.2. The maximum Gasteiger partial charge on any atom is 0.247 e. The molecule has 1 aromatic heterocycles. The Morgan fingerprint density at radius 2 is 1.89 bits per heavy atom. The summed E-state index contributed by atoms with van der Waals surface area (Å²) in [6, 6.07) is 16.7. The Labute approximate surface area is 222 Å². The predicted octanol–water partition coefficient (Wildman–Crippen LogP) is 3.98. The van der Waals surface area contributed by atoms with Crippen molar-refractivity contribution in [3.8, 4) is 11.8 Å². The highest BCUT2D eigenvalue weighted by atomic mass is 16.3. The summed E-state index contributed by atoms with van der Waals surface area (Å²) in [5.74, 6) is 0.329. The van der Waals surface area contributed by atoms with Crippen molar-refractivity contribution in [3.05, 3.63) is 78.5 Å². The van der Waals surface area contributed by atoms with E-state index in [0.29, 0.717) is 40.6 Å². The molecule has 1 saturated heterocycles. The lowest BCUT2D eigenvalue weighted by Crippen LogP contribution is -2.46. The molecule has 0 spiro atoms. The van der Waals surface area contributed by atoms with Crippen LogP contribution in [0.3, 0.4) is 0 Å². The highest BCUT2D eigenvalue weighted by molar-refractivity contribution is 6.01. The SMILES string of the molecule is C=CC(=O)Nc1cc(N2CCN(CC)CC2)ccc1NNc1cc(NCc2ccccc2O)c(C#N)cn1. The molecule has 1 aliphatic heterocycles. The first-order valence-electron chi connectivity index (χ1n) is 12.5. The van der Waals surface area contributed by atoms with Crippen LogP contribution in [0.1, 0.15) is 18.1 Å². The number of hydrogen-bond donors (Lipinski definition) is 5. The van der Waals surface area contributed by atoms with Crippen molar-refractivity contribution in [1.29, 1.82) is 5.26 Å². The highest BCUT2D eigenvalue weighted by Gasteiger charge is 2.17. The molecule has 0 saturated carbocycles. The van der Waals surface area contributed by atoms with Crippen molar-refractivity contribution in [3.63, 3.8) is 0 Å². The minimum atomic E-state index is -0.312. The summed E-state index contributed by atoms with van der Waals surface area (Å²) in [4.78, 5) is 21.2. The van der Waals surface area contributed by atoms with Gasteiger partial charge in [0.1, 0.15) is 17.6 Å². The van der Waals surface area contributed by atoms with Gasteiger partial charge in [0.15, 0.2) is 0 Å². The van der Waals surface area contributed by atoms with E-state index >= 15 is 0 Å². The van der Waals surface area contributed by atoms with Crippen molar-refractivity contribution >= 4 is 34.5 Å². The lowest BCUT2D eigenvalue weighted by molar-refractivity contribution is -0.111. The number of carbonyl (C=O) groups excluding carboxylic acids is 1. The molecule has 1 fully saturated rings. The fourth-order valence-electron chi connectivity index (χ4n) is 4.19. The second-order valence-electron chi connectivity index (χ2n) is 8.80. The van der Waals surface area contributed by atoms with Crippen molar-refractivity contribution in [2.45, 2.75) is 13.5 Å². The molecule has 0 unspecified atom stereocenters. The Morgan fingerprint density at radius 1 is 1.11 bits per heavy atom. The average molecular weight is 513 g/mol. The molecule has 0 atom stereocenters. The van der Waals surface area contributed by atoms with Crippen LogP contribution in [0.25, 0.3) is 0 Å². The van der Waals surface area contributed by atoms with Crippen molar-refractivity contribution in [2.24, 2.45) is 0 Å². The summed E-state index contributed by atoms with van der Waals surface area (Å²) in [5, 5.41) is 25.6. The zero-order chi connectivity index (χ0) is 26.9. The number of nitrogens with zero attached hydrogens (tertiary/aromatic N) is 4. The van der Waals surface area contributed by atoms with Crippen LogP contribution in [-0.2, 0) is 11.3 Å². The first kappa shape index (κ1) is 26.3. The second kappa shape index (κ2) is 12.5. The molecular weight excluding hydrogens is 480 g/mol. The Kier molecular flexibility index (Phi) is 8.64. The molecule has 0 bridgehead atoms. The van der Waals surface area contributed by atoms with E-state index in [1.807, 2.05) is 30.3 Å². The van der Waals surface area contributed by atoms with E-state index in [1.54, 1.807) is 18.2 Å². The van der Waals surface area contributed by atoms with Crippen molar-refractivity contribution in [1.82, 2.24) is 9.88 Å². The van der Waals surface area contributed by atoms with E-state index in [4.69, 9.17) is 0 Å². The molecule has 0 radical (unpaired) electrons. The summed E-state index contributed by atoms with van der Waals surface area (Å²) in [6.45, 7) is 10.9. The van der Waals surface area contributed by atoms with E-state index in [1.165, 1.54) is 12.3 Å². The normalized spacial score (nSPS) is 13.3. The molecule has 2 heterocycles. The van der Waals surface area contributed by atoms with E-state index < -0.39 is 0 Å². The van der Waals surface area contributed by atoms with Crippen LogP contribution in [0.2, 0.25) is 0 Å². The van der Waals surface area contributed by atoms with Gasteiger partial charge in [-0.25, -0.2) is 4.98 Å². The van der Waals surface area contributed by atoms with Crippen LogP contribution in [-0.4, -0.2) is 53.6 Å². The minimum absolute atomic E-state index is 0.178. The number of aromatic nitrogens is 1. The lowest BCUT2D eigenvalue weighted by Gasteiger charge is -2.35. The summed E-state index contributed by atoms with van der Waals surface area (Å²) in [6.07, 6.45) is 2.70. The van der Waals surface area contributed by atoms with Crippen LogP contribution in [0.15, 0.2) is 67.4 Å². The van der Waals surface area contributed by atoms with Gasteiger partial charge in [-0.05, 0) is 36.9 Å². The highest BCUT2D eigenvalue weighted by Crippen LogP contribution is 2.29. The Bertz CT molecular complexity index is 1330. The molecule has 5 N–H and O–H groups in total. The summed E-state index contributed by atoms with van der Waals surface area (Å²) < 4.78 is 0. The molecule has 2 aromatic carbocycles. The molecular formula is C28H32N8O2. The maximum atomic E-state index is 12.1.